The Morgan fingerprint density at radius 1 is 1.22 bits per heavy atom. The number of aryl methyl sites for hydroxylation is 1. The zero-order valence-corrected chi connectivity index (χ0v) is 10.3. The molecular weight excluding hydrogens is 222 g/mol. The van der Waals surface area contributed by atoms with Crippen molar-refractivity contribution < 1.29 is 0 Å². The maximum absolute atomic E-state index is 4.44. The molecule has 3 aromatic rings. The predicted molar refractivity (Wildman–Crippen MR) is 74.6 cm³/mol. The average Bonchev–Trinajstić information content (AvgIpc) is 2.92. The minimum Gasteiger partial charge on any atom is -0.380 e. The van der Waals surface area contributed by atoms with E-state index in [1.54, 1.807) is 0 Å². The van der Waals surface area contributed by atoms with Crippen molar-refractivity contribution in [2.24, 2.45) is 0 Å². The zero-order chi connectivity index (χ0) is 12.4. The van der Waals surface area contributed by atoms with Gasteiger partial charge in [-0.15, -0.1) is 0 Å². The van der Waals surface area contributed by atoms with Crippen molar-refractivity contribution in [2.75, 3.05) is 5.32 Å². The molecule has 0 aliphatic carbocycles. The molecule has 2 N–H and O–H groups in total. The summed E-state index contributed by atoms with van der Waals surface area (Å²) in [6.07, 6.45) is 5.78. The molecule has 3 rings (SSSR count). The molecule has 0 fully saturated rings. The summed E-state index contributed by atoms with van der Waals surface area (Å²) >= 11 is 0. The molecule has 0 unspecified atom stereocenters. The highest BCUT2D eigenvalue weighted by atomic mass is 14.9. The fraction of sp³-hybridized carbons (Fsp3) is 0.133. The van der Waals surface area contributed by atoms with Crippen LogP contribution >= 0.6 is 0 Å². The maximum atomic E-state index is 4.44. The molecule has 0 aliphatic heterocycles. The van der Waals surface area contributed by atoms with Crippen molar-refractivity contribution >= 4 is 16.6 Å². The second kappa shape index (κ2) is 4.53. The highest BCUT2D eigenvalue weighted by molar-refractivity contribution is 5.93. The summed E-state index contributed by atoms with van der Waals surface area (Å²) in [7, 11) is 0. The van der Waals surface area contributed by atoms with Gasteiger partial charge in [0.1, 0.15) is 0 Å². The molecule has 0 atom stereocenters. The lowest BCUT2D eigenvalue weighted by molar-refractivity contribution is 1.16. The standard InChI is InChI=1S/C15H15N3/c1-11-4-5-14(13-3-2-7-17-15(11)13)18-10-12-6-8-16-9-12/h2-9,16,18H,10H2,1H3. The SMILES string of the molecule is Cc1ccc(NCc2cc[nH]c2)c2cccnc12. The smallest absolute Gasteiger partial charge is 0.0751 e. The quantitative estimate of drug-likeness (QED) is 0.732. The van der Waals surface area contributed by atoms with Crippen LogP contribution in [0.5, 0.6) is 0 Å². The summed E-state index contributed by atoms with van der Waals surface area (Å²) < 4.78 is 0. The van der Waals surface area contributed by atoms with Crippen LogP contribution in [-0.2, 0) is 6.54 Å². The van der Waals surface area contributed by atoms with Crippen molar-refractivity contribution in [1.82, 2.24) is 9.97 Å². The molecule has 18 heavy (non-hydrogen) atoms. The van der Waals surface area contributed by atoms with Gasteiger partial charge in [-0.2, -0.15) is 0 Å². The normalized spacial score (nSPS) is 10.7. The van der Waals surface area contributed by atoms with Crippen molar-refractivity contribution in [3.63, 3.8) is 0 Å². The van der Waals surface area contributed by atoms with Crippen LogP contribution in [0.1, 0.15) is 11.1 Å². The van der Waals surface area contributed by atoms with Crippen molar-refractivity contribution in [3.05, 3.63) is 60.0 Å². The number of H-pyrrole nitrogens is 1. The molecule has 0 amide bonds. The first-order valence-corrected chi connectivity index (χ1v) is 6.04. The fourth-order valence-corrected chi connectivity index (χ4v) is 2.13. The van der Waals surface area contributed by atoms with Gasteiger partial charge in [0, 0.05) is 36.2 Å². The third kappa shape index (κ3) is 1.95. The molecule has 3 heteroatoms. The summed E-state index contributed by atoms with van der Waals surface area (Å²) in [5.74, 6) is 0. The monoisotopic (exact) mass is 237 g/mol. The summed E-state index contributed by atoms with van der Waals surface area (Å²) in [5.41, 5.74) is 4.65. The highest BCUT2D eigenvalue weighted by Crippen LogP contribution is 2.24. The van der Waals surface area contributed by atoms with Crippen LogP contribution < -0.4 is 5.32 Å². The van der Waals surface area contributed by atoms with Crippen LogP contribution in [0.4, 0.5) is 5.69 Å². The van der Waals surface area contributed by atoms with Gasteiger partial charge >= 0.3 is 0 Å². The molecule has 0 spiro atoms. The molecule has 0 radical (unpaired) electrons. The first-order chi connectivity index (χ1) is 8.84. The lowest BCUT2D eigenvalue weighted by Gasteiger charge is -2.10. The zero-order valence-electron chi connectivity index (χ0n) is 10.3. The van der Waals surface area contributed by atoms with Crippen molar-refractivity contribution in [2.45, 2.75) is 13.5 Å². The number of benzene rings is 1. The van der Waals surface area contributed by atoms with Gasteiger partial charge in [-0.25, -0.2) is 0 Å². The summed E-state index contributed by atoms with van der Waals surface area (Å²) in [4.78, 5) is 7.50. The van der Waals surface area contributed by atoms with E-state index in [9.17, 15) is 0 Å². The van der Waals surface area contributed by atoms with Gasteiger partial charge in [-0.05, 0) is 42.3 Å². The topological polar surface area (TPSA) is 40.7 Å². The van der Waals surface area contributed by atoms with E-state index in [2.05, 4.69) is 46.5 Å². The van der Waals surface area contributed by atoms with E-state index in [-0.39, 0.29) is 0 Å². The van der Waals surface area contributed by atoms with E-state index in [0.29, 0.717) is 0 Å². The summed E-state index contributed by atoms with van der Waals surface area (Å²) in [5, 5.41) is 4.63. The number of rotatable bonds is 3. The molecule has 1 aromatic carbocycles. The van der Waals surface area contributed by atoms with Crippen LogP contribution in [0.15, 0.2) is 48.9 Å². The van der Waals surface area contributed by atoms with E-state index in [4.69, 9.17) is 0 Å². The molecule has 0 saturated carbocycles. The predicted octanol–water partition coefficient (Wildman–Crippen LogP) is 3.48. The Kier molecular flexibility index (Phi) is 2.73. The van der Waals surface area contributed by atoms with Gasteiger partial charge < -0.3 is 10.3 Å². The number of hydrogen-bond acceptors (Lipinski definition) is 2. The van der Waals surface area contributed by atoms with Crippen LogP contribution in [0.2, 0.25) is 0 Å². The molecule has 0 aliphatic rings. The Balaban J connectivity index is 1.94. The van der Waals surface area contributed by atoms with E-state index >= 15 is 0 Å². The van der Waals surface area contributed by atoms with Gasteiger partial charge in [0.15, 0.2) is 0 Å². The lowest BCUT2D eigenvalue weighted by atomic mass is 10.1. The van der Waals surface area contributed by atoms with E-state index in [1.807, 2.05) is 24.7 Å². The first-order valence-electron chi connectivity index (χ1n) is 6.04. The summed E-state index contributed by atoms with van der Waals surface area (Å²) in [6, 6.07) is 10.4. The number of nitrogens with one attached hydrogen (secondary N) is 2. The Morgan fingerprint density at radius 2 is 2.17 bits per heavy atom. The van der Waals surface area contributed by atoms with E-state index in [1.165, 1.54) is 16.5 Å². The van der Waals surface area contributed by atoms with E-state index in [0.717, 1.165) is 17.7 Å². The number of aromatic amines is 1. The van der Waals surface area contributed by atoms with Crippen molar-refractivity contribution in [1.29, 1.82) is 0 Å². The largest absolute Gasteiger partial charge is 0.380 e. The van der Waals surface area contributed by atoms with Crippen molar-refractivity contribution in [3.8, 4) is 0 Å². The minimum absolute atomic E-state index is 0.816. The Hall–Kier alpha value is -2.29. The van der Waals surface area contributed by atoms with E-state index < -0.39 is 0 Å². The second-order valence-corrected chi connectivity index (χ2v) is 4.40. The number of pyridine rings is 1. The molecule has 2 aromatic heterocycles. The van der Waals surface area contributed by atoms with Gasteiger partial charge in [0.2, 0.25) is 0 Å². The van der Waals surface area contributed by atoms with Crippen LogP contribution in [0.25, 0.3) is 10.9 Å². The average molecular weight is 237 g/mol. The van der Waals surface area contributed by atoms with Crippen LogP contribution in [-0.4, -0.2) is 9.97 Å². The van der Waals surface area contributed by atoms with Crippen LogP contribution in [0, 0.1) is 6.92 Å². The van der Waals surface area contributed by atoms with Gasteiger partial charge in [-0.1, -0.05) is 6.07 Å². The molecule has 90 valence electrons. The highest BCUT2D eigenvalue weighted by Gasteiger charge is 2.03. The number of hydrogen-bond donors (Lipinski definition) is 2. The number of aromatic nitrogens is 2. The number of anilines is 1. The molecular formula is C15H15N3. The lowest BCUT2D eigenvalue weighted by Crippen LogP contribution is -1.99. The number of fused-ring (bicyclic) bond motifs is 1. The molecule has 0 bridgehead atoms. The maximum Gasteiger partial charge on any atom is 0.0751 e. The number of nitrogens with zero attached hydrogens (tertiary/aromatic N) is 1. The Morgan fingerprint density at radius 3 is 3.00 bits per heavy atom. The Labute approximate surface area is 106 Å². The summed E-state index contributed by atoms with van der Waals surface area (Å²) in [6.45, 7) is 2.90. The minimum atomic E-state index is 0.816. The van der Waals surface area contributed by atoms with Gasteiger partial charge in [-0.3, -0.25) is 4.98 Å². The molecule has 3 nitrogen and oxygen atoms in total. The second-order valence-electron chi connectivity index (χ2n) is 4.40. The third-order valence-electron chi connectivity index (χ3n) is 3.12. The third-order valence-corrected chi connectivity index (χ3v) is 3.12. The first kappa shape index (κ1) is 10.8. The molecule has 0 saturated heterocycles. The van der Waals surface area contributed by atoms with Crippen LogP contribution in [0.3, 0.4) is 0 Å². The van der Waals surface area contributed by atoms with Gasteiger partial charge in [0.25, 0.3) is 0 Å². The fourth-order valence-electron chi connectivity index (χ4n) is 2.13. The van der Waals surface area contributed by atoms with Gasteiger partial charge in [0.05, 0.1) is 5.52 Å². The Bertz CT molecular complexity index is 657. The molecule has 2 heterocycles.